The van der Waals surface area contributed by atoms with Gasteiger partial charge in [-0.15, -0.1) is 10.2 Å². The lowest BCUT2D eigenvalue weighted by molar-refractivity contribution is 0.0115. The topological polar surface area (TPSA) is 52.4 Å². The molecule has 0 aliphatic carbocycles. The van der Waals surface area contributed by atoms with Crippen LogP contribution in [0.2, 0.25) is 0 Å². The van der Waals surface area contributed by atoms with Crippen molar-refractivity contribution in [3.05, 3.63) is 11.6 Å². The maximum Gasteiger partial charge on any atom is 0.147 e. The summed E-state index contributed by atoms with van der Waals surface area (Å²) in [5, 5.41) is 8.52. The fraction of sp³-hybridized carbons (Fsp3) is 0.857. The Bertz CT molecular complexity index is 429. The molecule has 0 spiro atoms. The van der Waals surface area contributed by atoms with Crippen LogP contribution < -0.4 is 0 Å². The Kier molecular flexibility index (Phi) is 4.65. The first-order chi connectivity index (χ1) is 9.83. The van der Waals surface area contributed by atoms with E-state index in [-0.39, 0.29) is 0 Å². The van der Waals surface area contributed by atoms with E-state index in [0.29, 0.717) is 6.10 Å². The van der Waals surface area contributed by atoms with Crippen molar-refractivity contribution in [3.8, 4) is 0 Å². The minimum atomic E-state index is 0.320. The number of likely N-dealkylation sites (N-methyl/N-ethyl adjacent to an activating group) is 1. The van der Waals surface area contributed by atoms with Crippen LogP contribution in [0.4, 0.5) is 0 Å². The quantitative estimate of drug-likeness (QED) is 0.693. The van der Waals surface area contributed by atoms with Crippen LogP contribution in [0.1, 0.15) is 30.9 Å². The second kappa shape index (κ2) is 6.65. The summed E-state index contributed by atoms with van der Waals surface area (Å²) in [5.74, 6) is 2.22. The maximum atomic E-state index is 5.69. The molecule has 3 heterocycles. The fourth-order valence-electron chi connectivity index (χ4n) is 2.86. The number of hydrogen-bond donors (Lipinski definition) is 0. The zero-order valence-corrected chi connectivity index (χ0v) is 12.3. The van der Waals surface area contributed by atoms with Gasteiger partial charge in [0.2, 0.25) is 0 Å². The van der Waals surface area contributed by atoms with Crippen molar-refractivity contribution in [2.45, 2.75) is 44.9 Å². The monoisotopic (exact) mass is 280 g/mol. The van der Waals surface area contributed by atoms with Crippen molar-refractivity contribution < 1.29 is 9.47 Å². The van der Waals surface area contributed by atoms with Crippen LogP contribution in [0.5, 0.6) is 0 Å². The molecule has 0 saturated carbocycles. The number of aromatic nitrogens is 3. The van der Waals surface area contributed by atoms with Gasteiger partial charge in [0, 0.05) is 26.1 Å². The Morgan fingerprint density at radius 2 is 2.35 bits per heavy atom. The molecule has 3 rings (SSSR count). The molecular weight excluding hydrogens is 256 g/mol. The molecule has 20 heavy (non-hydrogen) atoms. The van der Waals surface area contributed by atoms with Gasteiger partial charge in [0.05, 0.1) is 25.9 Å². The van der Waals surface area contributed by atoms with Gasteiger partial charge in [-0.2, -0.15) is 0 Å². The second-order valence-electron chi connectivity index (χ2n) is 5.74. The molecule has 6 heteroatoms. The first-order valence-corrected chi connectivity index (χ1v) is 7.62. The third-order valence-corrected chi connectivity index (χ3v) is 4.04. The Labute approximate surface area is 120 Å². The predicted molar refractivity (Wildman–Crippen MR) is 74.5 cm³/mol. The number of fused-ring (bicyclic) bond motifs is 1. The van der Waals surface area contributed by atoms with Gasteiger partial charge in [0.1, 0.15) is 11.6 Å². The first-order valence-electron chi connectivity index (χ1n) is 7.62. The summed E-state index contributed by atoms with van der Waals surface area (Å²) >= 11 is 0. The largest absolute Gasteiger partial charge is 0.377 e. The van der Waals surface area contributed by atoms with E-state index in [9.17, 15) is 0 Å². The molecule has 0 unspecified atom stereocenters. The van der Waals surface area contributed by atoms with E-state index in [0.717, 1.165) is 63.9 Å². The normalized spacial score (nSPS) is 21.8. The highest BCUT2D eigenvalue weighted by molar-refractivity contribution is 5.00. The standard InChI is InChI=1S/C14H24N4O2/c1-17(7-9-19-11-12-4-3-8-20-12)10-14-16-15-13-5-2-6-18(13)14/h12H,2-11H2,1H3/t12-/m0/s1. The molecule has 0 aromatic carbocycles. The lowest BCUT2D eigenvalue weighted by Crippen LogP contribution is -2.26. The highest BCUT2D eigenvalue weighted by Gasteiger charge is 2.18. The van der Waals surface area contributed by atoms with Gasteiger partial charge < -0.3 is 14.0 Å². The molecule has 1 atom stereocenters. The van der Waals surface area contributed by atoms with Crippen molar-refractivity contribution >= 4 is 0 Å². The van der Waals surface area contributed by atoms with Crippen LogP contribution in [0, 0.1) is 0 Å². The number of aryl methyl sites for hydroxylation is 1. The molecule has 1 saturated heterocycles. The van der Waals surface area contributed by atoms with Gasteiger partial charge in [0.25, 0.3) is 0 Å². The minimum Gasteiger partial charge on any atom is -0.377 e. The Hall–Kier alpha value is -0.980. The van der Waals surface area contributed by atoms with Gasteiger partial charge in [-0.1, -0.05) is 0 Å². The number of nitrogens with zero attached hydrogens (tertiary/aromatic N) is 4. The molecule has 0 N–H and O–H groups in total. The van der Waals surface area contributed by atoms with Crippen molar-refractivity contribution in [2.24, 2.45) is 0 Å². The molecule has 0 bridgehead atoms. The molecule has 2 aliphatic heterocycles. The molecule has 6 nitrogen and oxygen atoms in total. The number of hydrogen-bond acceptors (Lipinski definition) is 5. The maximum absolute atomic E-state index is 5.69. The van der Waals surface area contributed by atoms with E-state index >= 15 is 0 Å². The summed E-state index contributed by atoms with van der Waals surface area (Å²) in [5.41, 5.74) is 0. The molecule has 1 aromatic heterocycles. The van der Waals surface area contributed by atoms with E-state index in [1.54, 1.807) is 0 Å². The Balaban J connectivity index is 1.35. The van der Waals surface area contributed by atoms with Crippen LogP contribution in [0.15, 0.2) is 0 Å². The lowest BCUT2D eigenvalue weighted by Gasteiger charge is -2.17. The van der Waals surface area contributed by atoms with E-state index < -0.39 is 0 Å². The summed E-state index contributed by atoms with van der Waals surface area (Å²) in [4.78, 5) is 2.24. The summed E-state index contributed by atoms with van der Waals surface area (Å²) in [6, 6.07) is 0. The SMILES string of the molecule is CN(CCOC[C@@H]1CCCO1)Cc1nnc2n1CCC2. The zero-order valence-electron chi connectivity index (χ0n) is 12.3. The molecule has 1 fully saturated rings. The predicted octanol–water partition coefficient (Wildman–Crippen LogP) is 0.852. The van der Waals surface area contributed by atoms with Gasteiger partial charge in [0.15, 0.2) is 0 Å². The third kappa shape index (κ3) is 3.37. The molecule has 112 valence electrons. The Morgan fingerprint density at radius 1 is 1.40 bits per heavy atom. The van der Waals surface area contributed by atoms with Gasteiger partial charge in [-0.3, -0.25) is 4.90 Å². The average Bonchev–Trinajstić information content (AvgIpc) is 3.14. The van der Waals surface area contributed by atoms with Gasteiger partial charge in [-0.25, -0.2) is 0 Å². The Morgan fingerprint density at radius 3 is 3.20 bits per heavy atom. The third-order valence-electron chi connectivity index (χ3n) is 4.04. The van der Waals surface area contributed by atoms with E-state index in [1.165, 1.54) is 12.8 Å². The summed E-state index contributed by atoms with van der Waals surface area (Å²) in [6.07, 6.45) is 4.90. The van der Waals surface area contributed by atoms with E-state index in [4.69, 9.17) is 9.47 Å². The molecule has 0 amide bonds. The number of rotatable bonds is 7. The summed E-state index contributed by atoms with van der Waals surface area (Å²) < 4.78 is 13.5. The van der Waals surface area contributed by atoms with Crippen molar-refractivity contribution in [1.82, 2.24) is 19.7 Å². The zero-order chi connectivity index (χ0) is 13.8. The van der Waals surface area contributed by atoms with Crippen molar-refractivity contribution in [1.29, 1.82) is 0 Å². The summed E-state index contributed by atoms with van der Waals surface area (Å²) in [7, 11) is 2.10. The van der Waals surface area contributed by atoms with Crippen LogP contribution in [-0.2, 0) is 29.0 Å². The molecule has 0 radical (unpaired) electrons. The lowest BCUT2D eigenvalue weighted by atomic mass is 10.2. The van der Waals surface area contributed by atoms with Crippen LogP contribution in [-0.4, -0.2) is 59.2 Å². The highest BCUT2D eigenvalue weighted by Crippen LogP contribution is 2.15. The van der Waals surface area contributed by atoms with E-state index in [2.05, 4.69) is 26.7 Å². The minimum absolute atomic E-state index is 0.320. The molecular formula is C14H24N4O2. The summed E-state index contributed by atoms with van der Waals surface area (Å²) in [6.45, 7) is 5.20. The second-order valence-corrected chi connectivity index (χ2v) is 5.74. The van der Waals surface area contributed by atoms with Crippen LogP contribution in [0.25, 0.3) is 0 Å². The van der Waals surface area contributed by atoms with Crippen LogP contribution >= 0.6 is 0 Å². The first kappa shape index (κ1) is 14.0. The molecule has 2 aliphatic rings. The van der Waals surface area contributed by atoms with Gasteiger partial charge >= 0.3 is 0 Å². The number of ether oxygens (including phenoxy) is 2. The van der Waals surface area contributed by atoms with Crippen molar-refractivity contribution in [3.63, 3.8) is 0 Å². The molecule has 1 aromatic rings. The average molecular weight is 280 g/mol. The van der Waals surface area contributed by atoms with Gasteiger partial charge in [-0.05, 0) is 26.3 Å². The van der Waals surface area contributed by atoms with E-state index in [1.807, 2.05) is 0 Å². The smallest absolute Gasteiger partial charge is 0.147 e. The highest BCUT2D eigenvalue weighted by atomic mass is 16.5. The van der Waals surface area contributed by atoms with Crippen LogP contribution in [0.3, 0.4) is 0 Å². The van der Waals surface area contributed by atoms with Crippen molar-refractivity contribution in [2.75, 3.05) is 33.4 Å². The fourth-order valence-corrected chi connectivity index (χ4v) is 2.86.